The maximum Gasteiger partial charge on any atom is 0.271 e. The minimum Gasteiger partial charge on any atom is -0.506 e. The van der Waals surface area contributed by atoms with Crippen molar-refractivity contribution in [1.29, 1.82) is 0 Å². The van der Waals surface area contributed by atoms with E-state index in [9.17, 15) is 5.11 Å². The van der Waals surface area contributed by atoms with Crippen LogP contribution in [0.2, 0.25) is 0 Å². The second-order valence-electron chi connectivity index (χ2n) is 5.22. The van der Waals surface area contributed by atoms with Crippen molar-refractivity contribution >= 4 is 11.3 Å². The Balaban J connectivity index is 1.74. The highest BCUT2D eigenvalue weighted by molar-refractivity contribution is 7.13. The number of rotatable bonds is 3. The molecule has 1 fully saturated rings. The maximum absolute atomic E-state index is 9.67. The normalized spacial score (nSPS) is 23.6. The van der Waals surface area contributed by atoms with Gasteiger partial charge < -0.3 is 9.63 Å². The molecule has 0 saturated heterocycles. The Bertz CT molecular complexity index is 541. The molecule has 0 aliphatic heterocycles. The molecule has 19 heavy (non-hydrogen) atoms. The monoisotopic (exact) mass is 278 g/mol. The molecule has 2 aromatic heterocycles. The van der Waals surface area contributed by atoms with E-state index < -0.39 is 0 Å². The van der Waals surface area contributed by atoms with E-state index in [-0.39, 0.29) is 5.75 Å². The molecule has 0 atom stereocenters. The Labute approximate surface area is 116 Å². The molecule has 5 heteroatoms. The zero-order chi connectivity index (χ0) is 13.2. The minimum absolute atomic E-state index is 0.217. The average Bonchev–Trinajstić information content (AvgIpc) is 3.07. The highest BCUT2D eigenvalue weighted by Crippen LogP contribution is 2.38. The summed E-state index contributed by atoms with van der Waals surface area (Å²) in [5.41, 5.74) is 0. The average molecular weight is 278 g/mol. The van der Waals surface area contributed by atoms with Crippen LogP contribution in [0, 0.1) is 5.92 Å². The summed E-state index contributed by atoms with van der Waals surface area (Å²) in [6, 6.07) is 1.65. The van der Waals surface area contributed by atoms with E-state index in [0.717, 1.165) is 24.6 Å². The number of nitrogens with zero attached hydrogens (tertiary/aromatic N) is 2. The molecule has 0 aromatic carbocycles. The van der Waals surface area contributed by atoms with E-state index in [1.807, 2.05) is 5.38 Å². The highest BCUT2D eigenvalue weighted by Gasteiger charge is 2.26. The molecule has 2 aromatic rings. The predicted octanol–water partition coefficient (Wildman–Crippen LogP) is 4.19. The lowest BCUT2D eigenvalue weighted by molar-refractivity contribution is 0.305. The van der Waals surface area contributed by atoms with E-state index >= 15 is 0 Å². The Morgan fingerprint density at radius 1 is 1.37 bits per heavy atom. The third-order valence-electron chi connectivity index (χ3n) is 4.07. The van der Waals surface area contributed by atoms with Gasteiger partial charge in [0.1, 0.15) is 10.6 Å². The van der Waals surface area contributed by atoms with Gasteiger partial charge in [-0.05, 0) is 43.0 Å². The zero-order valence-electron chi connectivity index (χ0n) is 11.0. The van der Waals surface area contributed by atoms with Crippen LogP contribution in [-0.4, -0.2) is 15.2 Å². The molecule has 0 amide bonds. The van der Waals surface area contributed by atoms with Crippen LogP contribution in [0.5, 0.6) is 5.75 Å². The smallest absolute Gasteiger partial charge is 0.271 e. The van der Waals surface area contributed by atoms with Crippen LogP contribution in [0.1, 0.15) is 50.8 Å². The largest absolute Gasteiger partial charge is 0.506 e. The van der Waals surface area contributed by atoms with Crippen LogP contribution in [0.4, 0.5) is 0 Å². The molecule has 0 spiro atoms. The molecular formula is C14H18N2O2S. The van der Waals surface area contributed by atoms with E-state index in [4.69, 9.17) is 4.52 Å². The lowest BCUT2D eigenvalue weighted by atomic mass is 9.80. The van der Waals surface area contributed by atoms with Crippen molar-refractivity contribution in [3.05, 3.63) is 17.3 Å². The van der Waals surface area contributed by atoms with Gasteiger partial charge in [-0.15, -0.1) is 11.3 Å². The molecule has 4 nitrogen and oxygen atoms in total. The van der Waals surface area contributed by atoms with Crippen LogP contribution in [0.3, 0.4) is 0 Å². The van der Waals surface area contributed by atoms with Crippen molar-refractivity contribution in [2.75, 3.05) is 0 Å². The first-order chi connectivity index (χ1) is 9.28. The lowest BCUT2D eigenvalue weighted by Crippen LogP contribution is -2.13. The number of aromatic hydroxyl groups is 1. The van der Waals surface area contributed by atoms with Crippen LogP contribution in [-0.2, 0) is 0 Å². The van der Waals surface area contributed by atoms with Crippen molar-refractivity contribution in [2.45, 2.75) is 44.9 Å². The maximum atomic E-state index is 9.67. The van der Waals surface area contributed by atoms with Gasteiger partial charge >= 0.3 is 0 Å². The first-order valence-electron chi connectivity index (χ1n) is 6.88. The lowest BCUT2D eigenvalue weighted by Gasteiger charge is -2.25. The summed E-state index contributed by atoms with van der Waals surface area (Å²) < 4.78 is 5.29. The molecule has 1 N–H and O–H groups in total. The Morgan fingerprint density at radius 2 is 2.16 bits per heavy atom. The Kier molecular flexibility index (Phi) is 3.55. The van der Waals surface area contributed by atoms with Gasteiger partial charge in [-0.3, -0.25) is 0 Å². The van der Waals surface area contributed by atoms with Gasteiger partial charge in [0.2, 0.25) is 0 Å². The van der Waals surface area contributed by atoms with Gasteiger partial charge in [-0.1, -0.05) is 18.5 Å². The molecule has 0 bridgehead atoms. The molecular weight excluding hydrogens is 260 g/mol. The predicted molar refractivity (Wildman–Crippen MR) is 74.3 cm³/mol. The molecule has 2 heterocycles. The van der Waals surface area contributed by atoms with Crippen molar-refractivity contribution in [3.63, 3.8) is 0 Å². The van der Waals surface area contributed by atoms with Gasteiger partial charge in [0, 0.05) is 5.92 Å². The summed E-state index contributed by atoms with van der Waals surface area (Å²) >= 11 is 1.42. The molecule has 1 aliphatic rings. The van der Waals surface area contributed by atoms with Gasteiger partial charge in [0.25, 0.3) is 5.89 Å². The summed E-state index contributed by atoms with van der Waals surface area (Å²) in [4.78, 5) is 5.13. The number of aromatic nitrogens is 2. The second-order valence-corrected chi connectivity index (χ2v) is 6.13. The van der Waals surface area contributed by atoms with Crippen LogP contribution >= 0.6 is 11.3 Å². The molecule has 1 aliphatic carbocycles. The standard InChI is InChI=1S/C14H18N2O2S/c1-2-9-3-5-10(6-4-9)13-15-14(18-16-13)12-11(17)7-8-19-12/h7-10,17H,2-6H2,1H3. The quantitative estimate of drug-likeness (QED) is 0.914. The van der Waals surface area contributed by atoms with Gasteiger partial charge in [-0.2, -0.15) is 4.98 Å². The van der Waals surface area contributed by atoms with Crippen molar-refractivity contribution in [3.8, 4) is 16.5 Å². The van der Waals surface area contributed by atoms with Gasteiger partial charge in [-0.25, -0.2) is 0 Å². The fourth-order valence-electron chi connectivity index (χ4n) is 2.78. The fraction of sp³-hybridized carbons (Fsp3) is 0.571. The summed E-state index contributed by atoms with van der Waals surface area (Å²) in [7, 11) is 0. The Hall–Kier alpha value is -1.36. The fourth-order valence-corrected chi connectivity index (χ4v) is 3.49. The second kappa shape index (κ2) is 5.33. The number of thiophene rings is 1. The summed E-state index contributed by atoms with van der Waals surface area (Å²) in [5.74, 6) is 2.75. The van der Waals surface area contributed by atoms with Crippen LogP contribution in [0.15, 0.2) is 16.0 Å². The third-order valence-corrected chi connectivity index (χ3v) is 4.96. The third kappa shape index (κ3) is 2.52. The van der Waals surface area contributed by atoms with Crippen molar-refractivity contribution < 1.29 is 9.63 Å². The SMILES string of the molecule is CCC1CCC(c2noc(-c3sccc3O)n2)CC1. The minimum atomic E-state index is 0.217. The Morgan fingerprint density at radius 3 is 2.79 bits per heavy atom. The van der Waals surface area contributed by atoms with Crippen LogP contribution in [0.25, 0.3) is 10.8 Å². The van der Waals surface area contributed by atoms with Crippen LogP contribution < -0.4 is 0 Å². The van der Waals surface area contributed by atoms with Crippen molar-refractivity contribution in [1.82, 2.24) is 10.1 Å². The van der Waals surface area contributed by atoms with Crippen molar-refractivity contribution in [2.24, 2.45) is 5.92 Å². The van der Waals surface area contributed by atoms with E-state index in [0.29, 0.717) is 16.7 Å². The molecule has 3 rings (SSSR count). The molecule has 0 unspecified atom stereocenters. The molecule has 0 radical (unpaired) electrons. The first kappa shape index (κ1) is 12.7. The summed E-state index contributed by atoms with van der Waals surface area (Å²) in [6.07, 6.45) is 6.08. The highest BCUT2D eigenvalue weighted by atomic mass is 32.1. The number of hydrogen-bond donors (Lipinski definition) is 1. The summed E-state index contributed by atoms with van der Waals surface area (Å²) in [5, 5.41) is 15.6. The van der Waals surface area contributed by atoms with Gasteiger partial charge in [0.05, 0.1) is 0 Å². The van der Waals surface area contributed by atoms with E-state index in [1.165, 1.54) is 30.6 Å². The molecule has 102 valence electrons. The number of hydrogen-bond acceptors (Lipinski definition) is 5. The van der Waals surface area contributed by atoms with Gasteiger partial charge in [0.15, 0.2) is 5.82 Å². The van der Waals surface area contributed by atoms with E-state index in [1.54, 1.807) is 6.07 Å². The molecule has 1 saturated carbocycles. The van der Waals surface area contributed by atoms with E-state index in [2.05, 4.69) is 17.1 Å². The topological polar surface area (TPSA) is 59.2 Å². The zero-order valence-corrected chi connectivity index (χ0v) is 11.8. The summed E-state index contributed by atoms with van der Waals surface area (Å²) in [6.45, 7) is 2.26. The first-order valence-corrected chi connectivity index (χ1v) is 7.76.